The second-order valence-corrected chi connectivity index (χ2v) is 7.66. The SMILES string of the molecule is Cc1ncc(C2=CCC3C(=C2)N(c2cn(C)c(C)n2)C(=O)C3(C)C)cn1. The number of amides is 1. The first kappa shape index (κ1) is 16.7. The number of hydrogen-bond acceptors (Lipinski definition) is 4. The second kappa shape index (κ2) is 5.62. The van der Waals surface area contributed by atoms with Crippen LogP contribution in [0, 0.1) is 25.2 Å². The van der Waals surface area contributed by atoms with Crippen molar-refractivity contribution in [3.63, 3.8) is 0 Å². The van der Waals surface area contributed by atoms with E-state index in [0.29, 0.717) is 5.82 Å². The van der Waals surface area contributed by atoms with Crippen LogP contribution in [0.4, 0.5) is 5.82 Å². The summed E-state index contributed by atoms with van der Waals surface area (Å²) in [4.78, 5) is 28.2. The van der Waals surface area contributed by atoms with Crippen LogP contribution in [0.25, 0.3) is 5.57 Å². The molecule has 1 saturated heterocycles. The molecule has 0 saturated carbocycles. The number of allylic oxidation sites excluding steroid dienone is 4. The highest BCUT2D eigenvalue weighted by Gasteiger charge is 2.52. The number of nitrogens with zero attached hydrogens (tertiary/aromatic N) is 5. The summed E-state index contributed by atoms with van der Waals surface area (Å²) in [7, 11) is 1.94. The number of fused-ring (bicyclic) bond motifs is 1. The Morgan fingerprint density at radius 2 is 1.88 bits per heavy atom. The first-order chi connectivity index (χ1) is 12.3. The molecule has 0 spiro atoms. The quantitative estimate of drug-likeness (QED) is 0.835. The number of carbonyl (C=O) groups excluding carboxylic acids is 1. The van der Waals surface area contributed by atoms with Gasteiger partial charge in [-0.25, -0.2) is 15.0 Å². The van der Waals surface area contributed by atoms with Crippen LogP contribution in [0.15, 0.2) is 36.4 Å². The van der Waals surface area contributed by atoms with E-state index in [9.17, 15) is 4.79 Å². The highest BCUT2D eigenvalue weighted by atomic mass is 16.2. The standard InChI is InChI=1S/C20H23N5O/c1-12-21-9-15(10-22-12)14-6-7-16-17(8-14)25(19(26)20(16,3)4)18-11-24(5)13(2)23-18/h6,8-11,16H,7H2,1-5H3. The third kappa shape index (κ3) is 2.40. The Bertz CT molecular complexity index is 930. The van der Waals surface area contributed by atoms with Crippen LogP contribution in [0.2, 0.25) is 0 Å². The van der Waals surface area contributed by atoms with E-state index >= 15 is 0 Å². The van der Waals surface area contributed by atoms with Crippen LogP contribution in [-0.4, -0.2) is 25.4 Å². The van der Waals surface area contributed by atoms with Crippen molar-refractivity contribution in [2.24, 2.45) is 18.4 Å². The predicted octanol–water partition coefficient (Wildman–Crippen LogP) is 3.19. The first-order valence-electron chi connectivity index (χ1n) is 8.84. The molecule has 1 atom stereocenters. The molecule has 1 aliphatic heterocycles. The molecule has 1 amide bonds. The van der Waals surface area contributed by atoms with Crippen LogP contribution in [0.3, 0.4) is 0 Å². The van der Waals surface area contributed by atoms with Gasteiger partial charge in [-0.2, -0.15) is 0 Å². The number of aromatic nitrogens is 4. The zero-order chi connectivity index (χ0) is 18.6. The number of hydrogen-bond donors (Lipinski definition) is 0. The molecule has 2 aromatic rings. The maximum atomic E-state index is 13.2. The molecule has 2 aliphatic rings. The van der Waals surface area contributed by atoms with Crippen LogP contribution >= 0.6 is 0 Å². The molecule has 134 valence electrons. The molecule has 6 nitrogen and oxygen atoms in total. The minimum absolute atomic E-state index is 0.0988. The van der Waals surface area contributed by atoms with E-state index in [1.54, 1.807) is 4.90 Å². The Hall–Kier alpha value is -2.76. The fourth-order valence-corrected chi connectivity index (χ4v) is 3.75. The molecule has 2 aromatic heterocycles. The smallest absolute Gasteiger partial charge is 0.238 e. The monoisotopic (exact) mass is 349 g/mol. The number of rotatable bonds is 2. The molecule has 26 heavy (non-hydrogen) atoms. The Labute approximate surface area is 153 Å². The number of imidazole rings is 1. The summed E-state index contributed by atoms with van der Waals surface area (Å²) in [5.41, 5.74) is 2.58. The maximum Gasteiger partial charge on any atom is 0.238 e. The minimum atomic E-state index is -0.455. The summed E-state index contributed by atoms with van der Waals surface area (Å²) in [5, 5.41) is 0. The fraction of sp³-hybridized carbons (Fsp3) is 0.400. The molecule has 0 radical (unpaired) electrons. The van der Waals surface area contributed by atoms with Crippen LogP contribution < -0.4 is 4.90 Å². The first-order valence-corrected chi connectivity index (χ1v) is 8.84. The lowest BCUT2D eigenvalue weighted by Gasteiger charge is -2.25. The van der Waals surface area contributed by atoms with Crippen molar-refractivity contribution in [1.82, 2.24) is 19.5 Å². The van der Waals surface area contributed by atoms with Crippen LogP contribution in [0.5, 0.6) is 0 Å². The molecule has 1 aliphatic carbocycles. The summed E-state index contributed by atoms with van der Waals surface area (Å²) in [6.07, 6.45) is 10.7. The molecule has 0 N–H and O–H groups in total. The van der Waals surface area contributed by atoms with Crippen molar-refractivity contribution in [2.75, 3.05) is 4.90 Å². The Kier molecular flexibility index (Phi) is 3.61. The zero-order valence-electron chi connectivity index (χ0n) is 15.8. The minimum Gasteiger partial charge on any atom is -0.336 e. The number of anilines is 1. The van der Waals surface area contributed by atoms with Gasteiger partial charge < -0.3 is 4.57 Å². The number of carbonyl (C=O) groups is 1. The largest absolute Gasteiger partial charge is 0.336 e. The van der Waals surface area contributed by atoms with Crippen molar-refractivity contribution >= 4 is 17.3 Å². The lowest BCUT2D eigenvalue weighted by atomic mass is 9.75. The van der Waals surface area contributed by atoms with Gasteiger partial charge in [-0.05, 0) is 31.9 Å². The summed E-state index contributed by atoms with van der Waals surface area (Å²) in [6, 6.07) is 0. The van der Waals surface area contributed by atoms with Gasteiger partial charge in [-0.3, -0.25) is 9.69 Å². The summed E-state index contributed by atoms with van der Waals surface area (Å²) >= 11 is 0. The fourth-order valence-electron chi connectivity index (χ4n) is 3.75. The van der Waals surface area contributed by atoms with Crippen molar-refractivity contribution in [1.29, 1.82) is 0 Å². The average Bonchev–Trinajstić information content (AvgIpc) is 3.03. The highest BCUT2D eigenvalue weighted by molar-refractivity contribution is 6.04. The van der Waals surface area contributed by atoms with Crippen molar-refractivity contribution in [3.8, 4) is 0 Å². The van der Waals surface area contributed by atoms with E-state index in [4.69, 9.17) is 0 Å². The summed E-state index contributed by atoms with van der Waals surface area (Å²) in [5.74, 6) is 2.57. The van der Waals surface area contributed by atoms with Crippen LogP contribution in [0.1, 0.15) is 37.5 Å². The maximum absolute atomic E-state index is 13.2. The van der Waals surface area contributed by atoms with Gasteiger partial charge in [-0.1, -0.05) is 19.9 Å². The third-order valence-corrected chi connectivity index (χ3v) is 5.56. The molecule has 1 fully saturated rings. The van der Waals surface area contributed by atoms with E-state index in [1.165, 1.54) is 0 Å². The van der Waals surface area contributed by atoms with Gasteiger partial charge in [0.15, 0.2) is 5.82 Å². The van der Waals surface area contributed by atoms with Gasteiger partial charge >= 0.3 is 0 Å². The lowest BCUT2D eigenvalue weighted by molar-refractivity contribution is -0.125. The van der Waals surface area contributed by atoms with Crippen molar-refractivity contribution < 1.29 is 4.79 Å². The van der Waals surface area contributed by atoms with Gasteiger partial charge in [0.05, 0.1) is 5.41 Å². The number of aryl methyl sites for hydroxylation is 3. The summed E-state index contributed by atoms with van der Waals surface area (Å²) < 4.78 is 1.94. The topological polar surface area (TPSA) is 63.9 Å². The summed E-state index contributed by atoms with van der Waals surface area (Å²) in [6.45, 7) is 7.86. The second-order valence-electron chi connectivity index (χ2n) is 7.66. The molecule has 6 heteroatoms. The molecule has 0 aromatic carbocycles. The van der Waals surface area contributed by atoms with Gasteiger partial charge in [0.2, 0.25) is 5.91 Å². The van der Waals surface area contributed by atoms with Crippen molar-refractivity contribution in [3.05, 3.63) is 53.7 Å². The molecule has 4 rings (SSSR count). The van der Waals surface area contributed by atoms with E-state index in [-0.39, 0.29) is 11.8 Å². The van der Waals surface area contributed by atoms with Gasteiger partial charge in [-0.15, -0.1) is 0 Å². The van der Waals surface area contributed by atoms with E-state index < -0.39 is 5.41 Å². The van der Waals surface area contributed by atoms with Gasteiger partial charge in [0.1, 0.15) is 11.6 Å². The zero-order valence-corrected chi connectivity index (χ0v) is 15.8. The lowest BCUT2D eigenvalue weighted by Crippen LogP contribution is -2.31. The van der Waals surface area contributed by atoms with E-state index in [0.717, 1.165) is 34.9 Å². The van der Waals surface area contributed by atoms with E-state index in [2.05, 4.69) is 27.1 Å². The Morgan fingerprint density at radius 3 is 2.50 bits per heavy atom. The van der Waals surface area contributed by atoms with Gasteiger partial charge in [0.25, 0.3) is 0 Å². The average molecular weight is 349 g/mol. The highest BCUT2D eigenvalue weighted by Crippen LogP contribution is 2.50. The molecule has 3 heterocycles. The molecule has 0 bridgehead atoms. The Balaban J connectivity index is 1.80. The van der Waals surface area contributed by atoms with Crippen molar-refractivity contribution in [2.45, 2.75) is 34.1 Å². The predicted molar refractivity (Wildman–Crippen MR) is 100 cm³/mol. The molecule has 1 unspecified atom stereocenters. The normalized spacial score (nSPS) is 21.5. The van der Waals surface area contributed by atoms with Crippen LogP contribution in [-0.2, 0) is 11.8 Å². The van der Waals surface area contributed by atoms with E-state index in [1.807, 2.05) is 57.9 Å². The molecular formula is C20H23N5O. The molecular weight excluding hydrogens is 326 g/mol. The Morgan fingerprint density at radius 1 is 1.19 bits per heavy atom. The third-order valence-electron chi connectivity index (χ3n) is 5.56. The van der Waals surface area contributed by atoms with Gasteiger partial charge in [0, 0.05) is 42.8 Å².